The van der Waals surface area contributed by atoms with Gasteiger partial charge >= 0.3 is 5.97 Å². The van der Waals surface area contributed by atoms with Crippen LogP contribution in [0, 0.1) is 11.8 Å². The zero-order valence-electron chi connectivity index (χ0n) is 12.4. The number of fused-ring (bicyclic) bond motifs is 3. The summed E-state index contributed by atoms with van der Waals surface area (Å²) in [4.78, 5) is 11.5. The van der Waals surface area contributed by atoms with Crippen molar-refractivity contribution >= 4 is 16.9 Å². The van der Waals surface area contributed by atoms with Crippen LogP contribution in [-0.2, 0) is 0 Å². The van der Waals surface area contributed by atoms with Crippen molar-refractivity contribution in [2.75, 3.05) is 7.11 Å². The molecule has 2 aliphatic rings. The average molecular weight is 302 g/mol. The molecule has 22 heavy (non-hydrogen) atoms. The molecule has 4 rings (SSSR count). The Bertz CT molecular complexity index is 732. The van der Waals surface area contributed by atoms with Crippen LogP contribution in [0.2, 0.25) is 0 Å². The van der Waals surface area contributed by atoms with Crippen molar-refractivity contribution in [3.63, 3.8) is 0 Å². The van der Waals surface area contributed by atoms with E-state index in [2.05, 4.69) is 0 Å². The number of benzene rings is 1. The molecule has 0 amide bonds. The number of methoxy groups -OCH3 is 1. The summed E-state index contributed by atoms with van der Waals surface area (Å²) >= 11 is 0. The summed E-state index contributed by atoms with van der Waals surface area (Å²) < 4.78 is 16.8. The quantitative estimate of drug-likeness (QED) is 0.932. The molecule has 1 aromatic heterocycles. The van der Waals surface area contributed by atoms with Gasteiger partial charge in [-0.15, -0.1) is 0 Å². The van der Waals surface area contributed by atoms with E-state index in [0.717, 1.165) is 12.3 Å². The fraction of sp³-hybridized carbons (Fsp3) is 0.471. The summed E-state index contributed by atoms with van der Waals surface area (Å²) in [6.07, 6.45) is 4.77. The minimum atomic E-state index is -1.10. The third-order valence-corrected chi connectivity index (χ3v) is 4.99. The monoisotopic (exact) mass is 302 g/mol. The van der Waals surface area contributed by atoms with Crippen LogP contribution in [0.4, 0.5) is 0 Å². The van der Waals surface area contributed by atoms with Crippen LogP contribution in [0.25, 0.3) is 11.0 Å². The third-order valence-electron chi connectivity index (χ3n) is 4.99. The number of carboxylic acids is 1. The molecule has 0 saturated heterocycles. The Kier molecular flexibility index (Phi) is 3.03. The van der Waals surface area contributed by atoms with Crippen LogP contribution in [-0.4, -0.2) is 24.3 Å². The predicted octanol–water partition coefficient (Wildman–Crippen LogP) is 3.71. The van der Waals surface area contributed by atoms with Crippen LogP contribution in [0.5, 0.6) is 11.5 Å². The van der Waals surface area contributed by atoms with Crippen LogP contribution in [0.1, 0.15) is 36.2 Å². The summed E-state index contributed by atoms with van der Waals surface area (Å²) in [7, 11) is 1.58. The number of furan rings is 1. The Labute approximate surface area is 127 Å². The standard InChI is InChI=1S/C17H18O5/c1-20-11-4-5-13-12(8-11)15(16(21-13)17(18)19)22-14-7-9-2-3-10(14)6-9/h4-5,8-10,14H,2-3,6-7H2,1H3,(H,18,19). The number of rotatable bonds is 4. The van der Waals surface area contributed by atoms with Crippen LogP contribution in [0.15, 0.2) is 22.6 Å². The van der Waals surface area contributed by atoms with E-state index in [1.807, 2.05) is 0 Å². The lowest BCUT2D eigenvalue weighted by molar-refractivity contribution is 0.0648. The Hall–Kier alpha value is -2.17. The van der Waals surface area contributed by atoms with E-state index < -0.39 is 5.97 Å². The highest BCUT2D eigenvalue weighted by Crippen LogP contribution is 2.47. The fourth-order valence-electron chi connectivity index (χ4n) is 3.92. The zero-order chi connectivity index (χ0) is 15.3. The van der Waals surface area contributed by atoms with Crippen molar-refractivity contribution in [1.29, 1.82) is 0 Å². The van der Waals surface area contributed by atoms with Gasteiger partial charge in [0.05, 0.1) is 12.5 Å². The number of aromatic carboxylic acids is 1. The first-order valence-corrected chi connectivity index (χ1v) is 7.66. The van der Waals surface area contributed by atoms with Crippen molar-refractivity contribution in [2.45, 2.75) is 31.8 Å². The largest absolute Gasteiger partial charge is 0.497 e. The normalized spacial score (nSPS) is 26.5. The van der Waals surface area contributed by atoms with Crippen molar-refractivity contribution < 1.29 is 23.8 Å². The first-order chi connectivity index (χ1) is 10.7. The Balaban J connectivity index is 1.76. The minimum absolute atomic E-state index is 0.101. The second-order valence-corrected chi connectivity index (χ2v) is 6.26. The van der Waals surface area contributed by atoms with Gasteiger partial charge in [-0.1, -0.05) is 0 Å². The van der Waals surface area contributed by atoms with E-state index in [1.54, 1.807) is 25.3 Å². The van der Waals surface area contributed by atoms with E-state index in [9.17, 15) is 9.90 Å². The topological polar surface area (TPSA) is 68.9 Å². The molecule has 5 nitrogen and oxygen atoms in total. The zero-order valence-corrected chi connectivity index (χ0v) is 12.4. The average Bonchev–Trinajstić information content (AvgIpc) is 3.21. The summed E-state index contributed by atoms with van der Waals surface area (Å²) in [5.41, 5.74) is 0.511. The van der Waals surface area contributed by atoms with Gasteiger partial charge in [-0.05, 0) is 55.7 Å². The summed E-state index contributed by atoms with van der Waals surface area (Å²) in [5, 5.41) is 10.1. The van der Waals surface area contributed by atoms with Crippen molar-refractivity contribution in [1.82, 2.24) is 0 Å². The highest BCUT2D eigenvalue weighted by Gasteiger charge is 2.42. The maximum atomic E-state index is 11.5. The van der Waals surface area contributed by atoms with Gasteiger partial charge in [0.2, 0.25) is 0 Å². The smallest absolute Gasteiger partial charge is 0.375 e. The third kappa shape index (κ3) is 2.03. The molecule has 2 aromatic rings. The van der Waals surface area contributed by atoms with E-state index in [0.29, 0.717) is 28.4 Å². The number of ether oxygens (including phenoxy) is 2. The van der Waals surface area contributed by atoms with Crippen LogP contribution in [0.3, 0.4) is 0 Å². The van der Waals surface area contributed by atoms with Gasteiger partial charge in [0.1, 0.15) is 17.4 Å². The Morgan fingerprint density at radius 2 is 2.18 bits per heavy atom. The summed E-state index contributed by atoms with van der Waals surface area (Å²) in [6.45, 7) is 0. The van der Waals surface area contributed by atoms with E-state index in [-0.39, 0.29) is 11.9 Å². The lowest BCUT2D eigenvalue weighted by Crippen LogP contribution is -2.24. The molecule has 2 bridgehead atoms. The van der Waals surface area contributed by atoms with Crippen LogP contribution < -0.4 is 9.47 Å². The van der Waals surface area contributed by atoms with Crippen molar-refractivity contribution in [2.24, 2.45) is 11.8 Å². The first kappa shape index (κ1) is 13.5. The molecule has 1 aromatic carbocycles. The molecule has 1 N–H and O–H groups in total. The molecule has 0 aliphatic heterocycles. The second kappa shape index (κ2) is 4.93. The molecule has 3 unspecified atom stereocenters. The van der Waals surface area contributed by atoms with Crippen molar-refractivity contribution in [3.05, 3.63) is 24.0 Å². The first-order valence-electron chi connectivity index (χ1n) is 7.66. The number of hydrogen-bond donors (Lipinski definition) is 1. The highest BCUT2D eigenvalue weighted by molar-refractivity contribution is 5.98. The van der Waals surface area contributed by atoms with Crippen molar-refractivity contribution in [3.8, 4) is 11.5 Å². The molecule has 116 valence electrons. The SMILES string of the molecule is COc1ccc2oc(C(=O)O)c(OC3CC4CCC3C4)c2c1. The fourth-order valence-corrected chi connectivity index (χ4v) is 3.92. The molecule has 0 radical (unpaired) electrons. The number of carbonyl (C=O) groups is 1. The highest BCUT2D eigenvalue weighted by atomic mass is 16.5. The Morgan fingerprint density at radius 1 is 1.32 bits per heavy atom. The molecule has 3 atom stereocenters. The molecule has 2 saturated carbocycles. The van der Waals surface area contributed by atoms with Gasteiger partial charge < -0.3 is 19.0 Å². The van der Waals surface area contributed by atoms with Gasteiger partial charge in [-0.2, -0.15) is 0 Å². The molecule has 0 spiro atoms. The molecule has 2 fully saturated rings. The van der Waals surface area contributed by atoms with E-state index in [4.69, 9.17) is 13.9 Å². The second-order valence-electron chi connectivity index (χ2n) is 6.26. The summed E-state index contributed by atoms with van der Waals surface area (Å²) in [6, 6.07) is 5.24. The van der Waals surface area contributed by atoms with Crippen LogP contribution >= 0.6 is 0 Å². The van der Waals surface area contributed by atoms with E-state index in [1.165, 1.54) is 19.3 Å². The van der Waals surface area contributed by atoms with E-state index >= 15 is 0 Å². The van der Waals surface area contributed by atoms with Gasteiger partial charge in [0, 0.05) is 0 Å². The molecule has 5 heteroatoms. The van der Waals surface area contributed by atoms with Gasteiger partial charge in [-0.3, -0.25) is 0 Å². The maximum absolute atomic E-state index is 11.5. The summed E-state index contributed by atoms with van der Waals surface area (Å²) in [5.74, 6) is 1.06. The number of hydrogen-bond acceptors (Lipinski definition) is 4. The number of carboxylic acid groups (broad SMARTS) is 1. The lowest BCUT2D eigenvalue weighted by atomic mass is 9.97. The predicted molar refractivity (Wildman–Crippen MR) is 79.6 cm³/mol. The maximum Gasteiger partial charge on any atom is 0.375 e. The van der Waals surface area contributed by atoms with Gasteiger partial charge in [-0.25, -0.2) is 4.79 Å². The Morgan fingerprint density at radius 3 is 2.82 bits per heavy atom. The van der Waals surface area contributed by atoms with Gasteiger partial charge in [0.15, 0.2) is 5.75 Å². The molecule has 1 heterocycles. The molecule has 2 aliphatic carbocycles. The minimum Gasteiger partial charge on any atom is -0.497 e. The molecular weight excluding hydrogens is 284 g/mol. The van der Waals surface area contributed by atoms with Gasteiger partial charge in [0.25, 0.3) is 5.76 Å². The lowest BCUT2D eigenvalue weighted by Gasteiger charge is -2.22. The molecular formula is C17H18O5.